The molecule has 0 aromatic carbocycles. The Kier molecular flexibility index (Phi) is 5.00. The van der Waals surface area contributed by atoms with Gasteiger partial charge < -0.3 is 15.5 Å². The average Bonchev–Trinajstić information content (AvgIpc) is 2.63. The molecular weight excluding hydrogens is 306 g/mol. The number of carbonyl (C=O) groups excluding carboxylic acids is 2. The standard InChI is InChI=1S/C17H19N5O2/c23-16(21-15-7-1-2-9-19-15)13-5-4-10-22(12-13)17(24)20-14-6-3-8-18-11-14/h1-3,6-9,11,13H,4-5,10,12H2,(H,20,24)(H,19,21,23). The van der Waals surface area contributed by atoms with E-state index in [1.165, 1.54) is 0 Å². The number of amides is 3. The number of carbonyl (C=O) groups is 2. The minimum Gasteiger partial charge on any atom is -0.324 e. The van der Waals surface area contributed by atoms with Gasteiger partial charge in [0.25, 0.3) is 0 Å². The Balaban J connectivity index is 1.57. The lowest BCUT2D eigenvalue weighted by Gasteiger charge is -2.31. The van der Waals surface area contributed by atoms with Crippen LogP contribution in [0.1, 0.15) is 12.8 Å². The summed E-state index contributed by atoms with van der Waals surface area (Å²) in [5.41, 5.74) is 0.641. The fourth-order valence-electron chi connectivity index (χ4n) is 2.68. The molecule has 2 aromatic rings. The van der Waals surface area contributed by atoms with Crippen LogP contribution in [0.4, 0.5) is 16.3 Å². The van der Waals surface area contributed by atoms with Gasteiger partial charge in [-0.25, -0.2) is 9.78 Å². The molecule has 3 rings (SSSR count). The molecule has 24 heavy (non-hydrogen) atoms. The van der Waals surface area contributed by atoms with Gasteiger partial charge in [0, 0.05) is 25.5 Å². The second kappa shape index (κ2) is 7.54. The molecule has 7 nitrogen and oxygen atoms in total. The number of hydrogen-bond donors (Lipinski definition) is 2. The van der Waals surface area contributed by atoms with Crippen molar-refractivity contribution in [2.24, 2.45) is 5.92 Å². The second-order valence-electron chi connectivity index (χ2n) is 5.66. The zero-order valence-corrected chi connectivity index (χ0v) is 13.2. The van der Waals surface area contributed by atoms with Crippen molar-refractivity contribution in [3.8, 4) is 0 Å². The number of piperidine rings is 1. The predicted octanol–water partition coefficient (Wildman–Crippen LogP) is 2.36. The molecule has 0 spiro atoms. The molecule has 0 bridgehead atoms. The van der Waals surface area contributed by atoms with Crippen LogP contribution < -0.4 is 10.6 Å². The van der Waals surface area contributed by atoms with E-state index in [0.29, 0.717) is 24.6 Å². The van der Waals surface area contributed by atoms with E-state index in [4.69, 9.17) is 0 Å². The van der Waals surface area contributed by atoms with Crippen LogP contribution in [0.15, 0.2) is 48.9 Å². The Hall–Kier alpha value is -2.96. The number of urea groups is 1. The van der Waals surface area contributed by atoms with Gasteiger partial charge in [-0.3, -0.25) is 9.78 Å². The van der Waals surface area contributed by atoms with E-state index in [2.05, 4.69) is 20.6 Å². The van der Waals surface area contributed by atoms with Gasteiger partial charge in [0.05, 0.1) is 17.8 Å². The van der Waals surface area contributed by atoms with E-state index in [-0.39, 0.29) is 17.9 Å². The van der Waals surface area contributed by atoms with Crippen molar-refractivity contribution < 1.29 is 9.59 Å². The second-order valence-corrected chi connectivity index (χ2v) is 5.66. The molecule has 0 radical (unpaired) electrons. The summed E-state index contributed by atoms with van der Waals surface area (Å²) in [5.74, 6) is 0.187. The third kappa shape index (κ3) is 4.07. The first-order valence-corrected chi connectivity index (χ1v) is 7.90. The third-order valence-corrected chi connectivity index (χ3v) is 3.91. The summed E-state index contributed by atoms with van der Waals surface area (Å²) in [4.78, 5) is 34.4. The van der Waals surface area contributed by atoms with E-state index >= 15 is 0 Å². The molecule has 1 fully saturated rings. The van der Waals surface area contributed by atoms with Gasteiger partial charge in [-0.15, -0.1) is 0 Å². The molecular formula is C17H19N5O2. The van der Waals surface area contributed by atoms with Gasteiger partial charge in [-0.05, 0) is 37.1 Å². The van der Waals surface area contributed by atoms with E-state index < -0.39 is 0 Å². The minimum absolute atomic E-state index is 0.104. The van der Waals surface area contributed by atoms with Crippen LogP contribution in [-0.4, -0.2) is 39.9 Å². The van der Waals surface area contributed by atoms with Crippen molar-refractivity contribution in [3.05, 3.63) is 48.9 Å². The first-order valence-electron chi connectivity index (χ1n) is 7.90. The topological polar surface area (TPSA) is 87.2 Å². The van der Waals surface area contributed by atoms with E-state index in [1.54, 1.807) is 47.8 Å². The Morgan fingerprint density at radius 2 is 2.04 bits per heavy atom. The van der Waals surface area contributed by atoms with Crippen molar-refractivity contribution in [1.82, 2.24) is 14.9 Å². The van der Waals surface area contributed by atoms with Gasteiger partial charge in [0.2, 0.25) is 5.91 Å². The summed E-state index contributed by atoms with van der Waals surface area (Å²) < 4.78 is 0. The maximum absolute atomic E-state index is 12.4. The summed E-state index contributed by atoms with van der Waals surface area (Å²) >= 11 is 0. The van der Waals surface area contributed by atoms with Crippen molar-refractivity contribution in [1.29, 1.82) is 0 Å². The highest BCUT2D eigenvalue weighted by molar-refractivity contribution is 5.93. The molecule has 1 atom stereocenters. The van der Waals surface area contributed by atoms with Crippen LogP contribution in [0, 0.1) is 5.92 Å². The summed E-state index contributed by atoms with van der Waals surface area (Å²) in [6.45, 7) is 1.03. The SMILES string of the molecule is O=C(Nc1ccccn1)C1CCCN(C(=O)Nc2cccnc2)C1. The largest absolute Gasteiger partial charge is 0.324 e. The Morgan fingerprint density at radius 3 is 2.79 bits per heavy atom. The quantitative estimate of drug-likeness (QED) is 0.907. The lowest BCUT2D eigenvalue weighted by Crippen LogP contribution is -2.45. The molecule has 0 aliphatic carbocycles. The molecule has 2 aromatic heterocycles. The molecule has 124 valence electrons. The number of pyridine rings is 2. The van der Waals surface area contributed by atoms with E-state index in [9.17, 15) is 9.59 Å². The van der Waals surface area contributed by atoms with Crippen LogP contribution in [0.5, 0.6) is 0 Å². The number of hydrogen-bond acceptors (Lipinski definition) is 4. The Labute approximate surface area is 140 Å². The molecule has 3 heterocycles. The lowest BCUT2D eigenvalue weighted by atomic mass is 9.97. The van der Waals surface area contributed by atoms with Crippen LogP contribution in [0.2, 0.25) is 0 Å². The zero-order chi connectivity index (χ0) is 16.8. The highest BCUT2D eigenvalue weighted by atomic mass is 16.2. The van der Waals surface area contributed by atoms with Crippen molar-refractivity contribution in [2.45, 2.75) is 12.8 Å². The summed E-state index contributed by atoms with van der Waals surface area (Å²) in [5, 5.41) is 5.60. The third-order valence-electron chi connectivity index (χ3n) is 3.91. The molecule has 0 saturated carbocycles. The van der Waals surface area contributed by atoms with Gasteiger partial charge in [0.15, 0.2) is 0 Å². The van der Waals surface area contributed by atoms with Crippen LogP contribution in [-0.2, 0) is 4.79 Å². The maximum Gasteiger partial charge on any atom is 0.321 e. The molecule has 1 aliphatic heterocycles. The number of nitrogens with zero attached hydrogens (tertiary/aromatic N) is 3. The highest BCUT2D eigenvalue weighted by Crippen LogP contribution is 2.19. The highest BCUT2D eigenvalue weighted by Gasteiger charge is 2.28. The summed E-state index contributed by atoms with van der Waals surface area (Å²) in [7, 11) is 0. The van der Waals surface area contributed by atoms with Gasteiger partial charge in [-0.1, -0.05) is 6.07 Å². The predicted molar refractivity (Wildman–Crippen MR) is 90.4 cm³/mol. The smallest absolute Gasteiger partial charge is 0.321 e. The van der Waals surface area contributed by atoms with Crippen molar-refractivity contribution in [3.63, 3.8) is 0 Å². The van der Waals surface area contributed by atoms with E-state index in [1.807, 2.05) is 6.07 Å². The summed E-state index contributed by atoms with van der Waals surface area (Å²) in [6, 6.07) is 8.68. The summed E-state index contributed by atoms with van der Waals surface area (Å²) in [6.07, 6.45) is 6.42. The van der Waals surface area contributed by atoms with Crippen LogP contribution >= 0.6 is 0 Å². The molecule has 1 unspecified atom stereocenters. The average molecular weight is 325 g/mol. The first kappa shape index (κ1) is 15.9. The molecule has 2 N–H and O–H groups in total. The monoisotopic (exact) mass is 325 g/mol. The van der Waals surface area contributed by atoms with Gasteiger partial charge in [-0.2, -0.15) is 0 Å². The lowest BCUT2D eigenvalue weighted by molar-refractivity contribution is -0.121. The normalized spacial score (nSPS) is 17.2. The van der Waals surface area contributed by atoms with Crippen molar-refractivity contribution >= 4 is 23.4 Å². The molecule has 1 aliphatic rings. The zero-order valence-electron chi connectivity index (χ0n) is 13.2. The number of nitrogens with one attached hydrogen (secondary N) is 2. The number of aromatic nitrogens is 2. The molecule has 3 amide bonds. The minimum atomic E-state index is -0.236. The molecule has 7 heteroatoms. The van der Waals surface area contributed by atoms with Crippen molar-refractivity contribution in [2.75, 3.05) is 23.7 Å². The fourth-order valence-corrected chi connectivity index (χ4v) is 2.68. The number of anilines is 2. The first-order chi connectivity index (χ1) is 11.7. The van der Waals surface area contributed by atoms with E-state index in [0.717, 1.165) is 12.8 Å². The van der Waals surface area contributed by atoms with Gasteiger partial charge in [0.1, 0.15) is 5.82 Å². The maximum atomic E-state index is 12.4. The Morgan fingerprint density at radius 1 is 1.12 bits per heavy atom. The van der Waals surface area contributed by atoms with Crippen LogP contribution in [0.3, 0.4) is 0 Å². The number of rotatable bonds is 3. The Bertz CT molecular complexity index is 633. The molecule has 1 saturated heterocycles. The fraction of sp³-hybridized carbons (Fsp3) is 0.294. The number of likely N-dealkylation sites (tertiary alicyclic amines) is 1. The van der Waals surface area contributed by atoms with Crippen LogP contribution in [0.25, 0.3) is 0 Å². The van der Waals surface area contributed by atoms with Gasteiger partial charge >= 0.3 is 6.03 Å².